The van der Waals surface area contributed by atoms with E-state index in [0.717, 1.165) is 12.8 Å². The Morgan fingerprint density at radius 2 is 2.12 bits per heavy atom. The highest BCUT2D eigenvalue weighted by Crippen LogP contribution is 2.11. The van der Waals surface area contributed by atoms with Crippen molar-refractivity contribution in [3.8, 4) is 0 Å². The Morgan fingerprint density at radius 1 is 1.53 bits per heavy atom. The number of nitrogens with two attached hydrogens (primary N) is 1. The van der Waals surface area contributed by atoms with E-state index in [4.69, 9.17) is 10.5 Å². The molecular weight excluding hydrogens is 216 g/mol. The molecule has 0 aromatic carbocycles. The molecule has 1 atom stereocenters. The Hall–Kier alpha value is -1.45. The summed E-state index contributed by atoms with van der Waals surface area (Å²) in [6.07, 6.45) is 4.92. The van der Waals surface area contributed by atoms with E-state index in [2.05, 4.69) is 18.8 Å². The van der Waals surface area contributed by atoms with Crippen LogP contribution in [-0.2, 0) is 4.74 Å². The Bertz CT molecular complexity index is 290. The zero-order valence-corrected chi connectivity index (χ0v) is 11.2. The first-order chi connectivity index (χ1) is 7.78. The van der Waals surface area contributed by atoms with Gasteiger partial charge in [0.1, 0.15) is 11.4 Å². The van der Waals surface area contributed by atoms with Crippen molar-refractivity contribution in [2.75, 3.05) is 0 Å². The summed E-state index contributed by atoms with van der Waals surface area (Å²) < 4.78 is 5.09. The third-order valence-electron chi connectivity index (χ3n) is 2.05. The van der Waals surface area contributed by atoms with Crippen LogP contribution in [0.15, 0.2) is 24.6 Å². The van der Waals surface area contributed by atoms with E-state index >= 15 is 0 Å². The number of carbonyl (C=O) groups is 1. The van der Waals surface area contributed by atoms with Crippen LogP contribution in [0.4, 0.5) is 4.79 Å². The standard InChI is InChI=1S/C13H24N2O2/c1-6-8-10(7-2)9-11(14)15-12(16)17-13(3,4)5/h6,9-10H,1,7-8,14H2,2-5H3,(H,15,16)/b11-9+. The van der Waals surface area contributed by atoms with Gasteiger partial charge in [-0.15, -0.1) is 6.58 Å². The summed E-state index contributed by atoms with van der Waals surface area (Å²) in [6, 6.07) is 0. The first-order valence-corrected chi connectivity index (χ1v) is 5.86. The van der Waals surface area contributed by atoms with Gasteiger partial charge in [-0.2, -0.15) is 0 Å². The van der Waals surface area contributed by atoms with Crippen LogP contribution in [0.5, 0.6) is 0 Å². The van der Waals surface area contributed by atoms with E-state index in [9.17, 15) is 4.79 Å². The summed E-state index contributed by atoms with van der Waals surface area (Å²) in [6.45, 7) is 11.2. The highest BCUT2D eigenvalue weighted by molar-refractivity contribution is 5.69. The van der Waals surface area contributed by atoms with Gasteiger partial charge in [-0.1, -0.05) is 13.0 Å². The van der Waals surface area contributed by atoms with Gasteiger partial charge in [0.15, 0.2) is 0 Å². The van der Waals surface area contributed by atoms with Crippen molar-refractivity contribution >= 4 is 6.09 Å². The maximum absolute atomic E-state index is 11.4. The van der Waals surface area contributed by atoms with Crippen molar-refractivity contribution in [2.24, 2.45) is 11.7 Å². The largest absolute Gasteiger partial charge is 0.444 e. The lowest BCUT2D eigenvalue weighted by Gasteiger charge is -2.20. The summed E-state index contributed by atoms with van der Waals surface area (Å²) in [4.78, 5) is 11.4. The number of hydrogen-bond acceptors (Lipinski definition) is 3. The molecule has 0 rings (SSSR count). The Kier molecular flexibility index (Phi) is 6.39. The third-order valence-corrected chi connectivity index (χ3v) is 2.05. The number of ether oxygens (including phenoxy) is 1. The lowest BCUT2D eigenvalue weighted by Crippen LogP contribution is -2.34. The number of amides is 1. The van der Waals surface area contributed by atoms with E-state index < -0.39 is 11.7 Å². The third kappa shape index (κ3) is 8.37. The van der Waals surface area contributed by atoms with Crippen LogP contribution in [0.2, 0.25) is 0 Å². The van der Waals surface area contributed by atoms with Gasteiger partial charge in [0.05, 0.1) is 0 Å². The predicted molar refractivity (Wildman–Crippen MR) is 70.2 cm³/mol. The van der Waals surface area contributed by atoms with E-state index in [0.29, 0.717) is 11.7 Å². The molecule has 1 amide bonds. The van der Waals surface area contributed by atoms with Crippen LogP contribution in [0.25, 0.3) is 0 Å². The number of nitrogens with one attached hydrogen (secondary N) is 1. The number of rotatable bonds is 5. The number of allylic oxidation sites excluding steroid dienone is 2. The molecule has 17 heavy (non-hydrogen) atoms. The van der Waals surface area contributed by atoms with Crippen molar-refractivity contribution in [2.45, 2.75) is 46.1 Å². The predicted octanol–water partition coefficient (Wildman–Crippen LogP) is 2.91. The van der Waals surface area contributed by atoms with Crippen molar-refractivity contribution < 1.29 is 9.53 Å². The van der Waals surface area contributed by atoms with Gasteiger partial charge in [-0.25, -0.2) is 4.79 Å². The molecule has 0 aliphatic carbocycles. The van der Waals surface area contributed by atoms with Gasteiger partial charge in [-0.05, 0) is 45.6 Å². The summed E-state index contributed by atoms with van der Waals surface area (Å²) in [5.74, 6) is 0.621. The molecule has 0 aliphatic heterocycles. The number of carbonyl (C=O) groups excluding carboxylic acids is 1. The molecule has 4 heteroatoms. The molecule has 0 aliphatic rings. The fraction of sp³-hybridized carbons (Fsp3) is 0.615. The van der Waals surface area contributed by atoms with Crippen LogP contribution in [0.1, 0.15) is 40.5 Å². The van der Waals surface area contributed by atoms with E-state index in [1.165, 1.54) is 0 Å². The molecule has 0 aromatic rings. The monoisotopic (exact) mass is 240 g/mol. The van der Waals surface area contributed by atoms with E-state index in [-0.39, 0.29) is 0 Å². The van der Waals surface area contributed by atoms with E-state index in [1.807, 2.05) is 12.2 Å². The first kappa shape index (κ1) is 15.6. The molecule has 98 valence electrons. The van der Waals surface area contributed by atoms with Gasteiger partial charge in [0.25, 0.3) is 0 Å². The van der Waals surface area contributed by atoms with Gasteiger partial charge in [0.2, 0.25) is 0 Å². The van der Waals surface area contributed by atoms with Gasteiger partial charge >= 0.3 is 6.09 Å². The molecule has 0 aromatic heterocycles. The molecule has 3 N–H and O–H groups in total. The Balaban J connectivity index is 4.32. The molecule has 0 heterocycles. The molecule has 0 bridgehead atoms. The van der Waals surface area contributed by atoms with Crippen molar-refractivity contribution in [1.29, 1.82) is 0 Å². The highest BCUT2D eigenvalue weighted by Gasteiger charge is 2.16. The fourth-order valence-electron chi connectivity index (χ4n) is 1.28. The Morgan fingerprint density at radius 3 is 2.53 bits per heavy atom. The zero-order chi connectivity index (χ0) is 13.5. The minimum Gasteiger partial charge on any atom is -0.444 e. The lowest BCUT2D eigenvalue weighted by atomic mass is 10.0. The fourth-order valence-corrected chi connectivity index (χ4v) is 1.28. The normalized spacial score (nSPS) is 14.0. The average Bonchev–Trinajstić information content (AvgIpc) is 2.13. The second-order valence-corrected chi connectivity index (χ2v) is 4.94. The smallest absolute Gasteiger partial charge is 0.413 e. The topological polar surface area (TPSA) is 64.3 Å². The van der Waals surface area contributed by atoms with Crippen LogP contribution >= 0.6 is 0 Å². The minimum atomic E-state index is -0.528. The quantitative estimate of drug-likeness (QED) is 0.726. The van der Waals surface area contributed by atoms with Crippen LogP contribution in [0, 0.1) is 5.92 Å². The van der Waals surface area contributed by atoms with Crippen molar-refractivity contribution in [1.82, 2.24) is 5.32 Å². The number of alkyl carbamates (subject to hydrolysis) is 1. The van der Waals surface area contributed by atoms with Crippen LogP contribution in [0.3, 0.4) is 0 Å². The Labute approximate surface area is 104 Å². The molecule has 0 saturated heterocycles. The van der Waals surface area contributed by atoms with Gasteiger partial charge in [-0.3, -0.25) is 5.32 Å². The maximum Gasteiger partial charge on any atom is 0.413 e. The highest BCUT2D eigenvalue weighted by atomic mass is 16.6. The zero-order valence-electron chi connectivity index (χ0n) is 11.2. The first-order valence-electron chi connectivity index (χ1n) is 5.86. The lowest BCUT2D eigenvalue weighted by molar-refractivity contribution is 0.0545. The summed E-state index contributed by atoms with van der Waals surface area (Å²) in [5, 5.41) is 2.50. The van der Waals surface area contributed by atoms with E-state index in [1.54, 1.807) is 20.8 Å². The molecular formula is C13H24N2O2. The second-order valence-electron chi connectivity index (χ2n) is 4.94. The summed E-state index contributed by atoms with van der Waals surface area (Å²) in [5.41, 5.74) is 5.20. The SMILES string of the molecule is C=CCC(/C=C(\N)NC(=O)OC(C)(C)C)CC. The summed E-state index contributed by atoms with van der Waals surface area (Å²) in [7, 11) is 0. The minimum absolute atomic E-state index is 0.294. The van der Waals surface area contributed by atoms with Crippen LogP contribution in [-0.4, -0.2) is 11.7 Å². The van der Waals surface area contributed by atoms with Gasteiger partial charge < -0.3 is 10.5 Å². The molecule has 4 nitrogen and oxygen atoms in total. The molecule has 0 fully saturated rings. The van der Waals surface area contributed by atoms with Crippen LogP contribution < -0.4 is 11.1 Å². The average molecular weight is 240 g/mol. The number of hydrogen-bond donors (Lipinski definition) is 2. The molecule has 1 unspecified atom stereocenters. The summed E-state index contributed by atoms with van der Waals surface area (Å²) >= 11 is 0. The molecule has 0 spiro atoms. The van der Waals surface area contributed by atoms with Crippen molar-refractivity contribution in [3.63, 3.8) is 0 Å². The van der Waals surface area contributed by atoms with Crippen molar-refractivity contribution in [3.05, 3.63) is 24.6 Å². The van der Waals surface area contributed by atoms with Gasteiger partial charge in [0, 0.05) is 0 Å². The second kappa shape index (κ2) is 6.99. The molecule has 0 radical (unpaired) electrons. The molecule has 0 saturated carbocycles. The maximum atomic E-state index is 11.4.